The molecule has 94 valence electrons. The molecule has 0 bridgehead atoms. The zero-order chi connectivity index (χ0) is 12.8. The van der Waals surface area contributed by atoms with Crippen molar-refractivity contribution in [3.05, 3.63) is 46.3 Å². The van der Waals surface area contributed by atoms with Crippen LogP contribution in [0.4, 0.5) is 0 Å². The second-order valence-corrected chi connectivity index (χ2v) is 6.34. The third-order valence-electron chi connectivity index (χ3n) is 4.33. The van der Waals surface area contributed by atoms with Gasteiger partial charge in [0.05, 0.1) is 0 Å². The predicted molar refractivity (Wildman–Crippen MR) is 79.2 cm³/mol. The van der Waals surface area contributed by atoms with Gasteiger partial charge in [0.1, 0.15) is 0 Å². The highest BCUT2D eigenvalue weighted by molar-refractivity contribution is 7.13. The summed E-state index contributed by atoms with van der Waals surface area (Å²) in [5, 5.41) is 2.30. The monoisotopic (exact) mass is 257 g/mol. The first-order valence-electron chi connectivity index (χ1n) is 6.52. The van der Waals surface area contributed by atoms with Gasteiger partial charge < -0.3 is 5.73 Å². The fourth-order valence-corrected chi connectivity index (χ4v) is 3.65. The normalized spacial score (nSPS) is 16.8. The Morgan fingerprint density at radius 3 is 2.72 bits per heavy atom. The summed E-state index contributed by atoms with van der Waals surface area (Å²) in [5.41, 5.74) is 11.8. The molecule has 1 heterocycles. The van der Waals surface area contributed by atoms with Crippen LogP contribution in [0.2, 0.25) is 0 Å². The van der Waals surface area contributed by atoms with E-state index in [4.69, 9.17) is 5.73 Å². The SMILES string of the molecule is Cc1cccc(-c2cc(C3(CN)CC3)cs2)c1C. The Labute approximate surface area is 113 Å². The first kappa shape index (κ1) is 11.9. The van der Waals surface area contributed by atoms with Crippen molar-refractivity contribution in [1.82, 2.24) is 0 Å². The van der Waals surface area contributed by atoms with Gasteiger partial charge in [0, 0.05) is 16.8 Å². The van der Waals surface area contributed by atoms with Gasteiger partial charge in [-0.25, -0.2) is 0 Å². The highest BCUT2D eigenvalue weighted by atomic mass is 32.1. The maximum absolute atomic E-state index is 5.91. The number of hydrogen-bond acceptors (Lipinski definition) is 2. The molecule has 0 amide bonds. The van der Waals surface area contributed by atoms with Crippen LogP contribution in [0.25, 0.3) is 10.4 Å². The standard InChI is InChI=1S/C16H19NS/c1-11-4-3-5-14(12(11)2)15-8-13(9-18-15)16(10-17)6-7-16/h3-5,8-9H,6-7,10,17H2,1-2H3. The fraction of sp³-hybridized carbons (Fsp3) is 0.375. The molecule has 1 aromatic carbocycles. The third-order valence-corrected chi connectivity index (χ3v) is 5.29. The van der Waals surface area contributed by atoms with Crippen LogP contribution < -0.4 is 5.73 Å². The van der Waals surface area contributed by atoms with Crippen LogP contribution in [0.15, 0.2) is 29.6 Å². The molecule has 2 aromatic rings. The van der Waals surface area contributed by atoms with Crippen molar-refractivity contribution in [3.8, 4) is 10.4 Å². The molecule has 0 aliphatic heterocycles. The highest BCUT2D eigenvalue weighted by Crippen LogP contribution is 2.49. The van der Waals surface area contributed by atoms with Crippen molar-refractivity contribution in [2.24, 2.45) is 5.73 Å². The lowest BCUT2D eigenvalue weighted by Gasteiger charge is -2.09. The fourth-order valence-electron chi connectivity index (χ4n) is 2.54. The van der Waals surface area contributed by atoms with E-state index in [-0.39, 0.29) is 0 Å². The maximum Gasteiger partial charge on any atom is 0.0348 e. The number of nitrogens with two attached hydrogens (primary N) is 1. The summed E-state index contributed by atoms with van der Waals surface area (Å²) in [6.07, 6.45) is 2.51. The van der Waals surface area contributed by atoms with Crippen molar-refractivity contribution in [3.63, 3.8) is 0 Å². The van der Waals surface area contributed by atoms with Crippen molar-refractivity contribution in [1.29, 1.82) is 0 Å². The molecule has 18 heavy (non-hydrogen) atoms. The lowest BCUT2D eigenvalue weighted by molar-refractivity contribution is 0.708. The minimum absolute atomic E-state index is 0.312. The molecule has 0 radical (unpaired) electrons. The smallest absolute Gasteiger partial charge is 0.0348 e. The molecule has 0 saturated heterocycles. The first-order chi connectivity index (χ1) is 8.66. The zero-order valence-corrected chi connectivity index (χ0v) is 11.8. The average molecular weight is 257 g/mol. The molecule has 0 spiro atoms. The Hall–Kier alpha value is -1.12. The van der Waals surface area contributed by atoms with Gasteiger partial charge in [-0.15, -0.1) is 11.3 Å². The topological polar surface area (TPSA) is 26.0 Å². The van der Waals surface area contributed by atoms with Crippen LogP contribution in [0, 0.1) is 13.8 Å². The molecule has 3 rings (SSSR count). The van der Waals surface area contributed by atoms with Gasteiger partial charge in [0.25, 0.3) is 0 Å². The number of aryl methyl sites for hydroxylation is 1. The maximum atomic E-state index is 5.91. The lowest BCUT2D eigenvalue weighted by Crippen LogP contribution is -2.18. The summed E-state index contributed by atoms with van der Waals surface area (Å²) in [6.45, 7) is 5.17. The van der Waals surface area contributed by atoms with Crippen molar-refractivity contribution in [2.45, 2.75) is 32.1 Å². The van der Waals surface area contributed by atoms with Crippen LogP contribution in [0.3, 0.4) is 0 Å². The Bertz CT molecular complexity index is 579. The highest BCUT2D eigenvalue weighted by Gasteiger charge is 2.43. The van der Waals surface area contributed by atoms with Gasteiger partial charge in [-0.2, -0.15) is 0 Å². The number of thiophene rings is 1. The number of benzene rings is 1. The van der Waals surface area contributed by atoms with Gasteiger partial charge >= 0.3 is 0 Å². The minimum atomic E-state index is 0.312. The van der Waals surface area contributed by atoms with Gasteiger partial charge in [-0.1, -0.05) is 18.2 Å². The molecule has 2 N–H and O–H groups in total. The van der Waals surface area contributed by atoms with Crippen LogP contribution in [-0.2, 0) is 5.41 Å². The van der Waals surface area contributed by atoms with Gasteiger partial charge in [-0.05, 0) is 60.4 Å². The average Bonchev–Trinajstić information content (AvgIpc) is 3.03. The van der Waals surface area contributed by atoms with Gasteiger partial charge in [-0.3, -0.25) is 0 Å². The summed E-state index contributed by atoms with van der Waals surface area (Å²) in [5.74, 6) is 0. The first-order valence-corrected chi connectivity index (χ1v) is 7.40. The summed E-state index contributed by atoms with van der Waals surface area (Å²) in [7, 11) is 0. The molecular weight excluding hydrogens is 238 g/mol. The lowest BCUT2D eigenvalue weighted by atomic mass is 9.97. The van der Waals surface area contributed by atoms with Crippen molar-refractivity contribution < 1.29 is 0 Å². The predicted octanol–water partition coefficient (Wildman–Crippen LogP) is 4.02. The molecule has 1 aromatic heterocycles. The Balaban J connectivity index is 2.01. The van der Waals surface area contributed by atoms with Crippen LogP contribution >= 0.6 is 11.3 Å². The number of hydrogen-bond donors (Lipinski definition) is 1. The summed E-state index contributed by atoms with van der Waals surface area (Å²) in [4.78, 5) is 1.38. The van der Waals surface area contributed by atoms with E-state index < -0.39 is 0 Å². The number of rotatable bonds is 3. The van der Waals surface area contributed by atoms with Gasteiger partial charge in [0.2, 0.25) is 0 Å². The van der Waals surface area contributed by atoms with Gasteiger partial charge in [0.15, 0.2) is 0 Å². The van der Waals surface area contributed by atoms with Crippen LogP contribution in [0.5, 0.6) is 0 Å². The summed E-state index contributed by atoms with van der Waals surface area (Å²) >= 11 is 1.85. The third kappa shape index (κ3) is 1.80. The largest absolute Gasteiger partial charge is 0.330 e. The van der Waals surface area contributed by atoms with E-state index in [0.29, 0.717) is 5.41 Å². The Morgan fingerprint density at radius 2 is 2.06 bits per heavy atom. The van der Waals surface area contributed by atoms with E-state index in [9.17, 15) is 0 Å². The molecule has 0 unspecified atom stereocenters. The van der Waals surface area contributed by atoms with E-state index in [0.717, 1.165) is 6.54 Å². The summed E-state index contributed by atoms with van der Waals surface area (Å²) in [6, 6.07) is 8.90. The van der Waals surface area contributed by atoms with Crippen molar-refractivity contribution in [2.75, 3.05) is 6.54 Å². The van der Waals surface area contributed by atoms with E-state index in [1.165, 1.54) is 40.0 Å². The molecule has 1 saturated carbocycles. The molecule has 1 aliphatic rings. The molecule has 1 aliphatic carbocycles. The van der Waals surface area contributed by atoms with E-state index in [2.05, 4.69) is 43.5 Å². The molecule has 1 nitrogen and oxygen atoms in total. The van der Waals surface area contributed by atoms with E-state index >= 15 is 0 Å². The van der Waals surface area contributed by atoms with E-state index in [1.54, 1.807) is 0 Å². The van der Waals surface area contributed by atoms with E-state index in [1.807, 2.05) is 11.3 Å². The molecule has 2 heteroatoms. The Kier molecular flexibility index (Phi) is 2.80. The second-order valence-electron chi connectivity index (χ2n) is 5.43. The van der Waals surface area contributed by atoms with Crippen molar-refractivity contribution >= 4 is 11.3 Å². The van der Waals surface area contributed by atoms with Crippen LogP contribution in [0.1, 0.15) is 29.5 Å². The quantitative estimate of drug-likeness (QED) is 0.883. The van der Waals surface area contributed by atoms with Crippen LogP contribution in [-0.4, -0.2) is 6.54 Å². The molecule has 1 fully saturated rings. The zero-order valence-electron chi connectivity index (χ0n) is 11.0. The molecule has 0 atom stereocenters. The second kappa shape index (κ2) is 4.22. The molecular formula is C16H19NS. The Morgan fingerprint density at radius 1 is 1.28 bits per heavy atom. The minimum Gasteiger partial charge on any atom is -0.330 e. The summed E-state index contributed by atoms with van der Waals surface area (Å²) < 4.78 is 0.